The van der Waals surface area contributed by atoms with Gasteiger partial charge in [-0.3, -0.25) is 20.2 Å². The maximum Gasteiger partial charge on any atom is 0.345 e. The van der Waals surface area contributed by atoms with Crippen LogP contribution in [0.5, 0.6) is 5.75 Å². The Balaban J connectivity index is 2.02. The zero-order valence-corrected chi connectivity index (χ0v) is 15.3. The summed E-state index contributed by atoms with van der Waals surface area (Å²) >= 11 is 0.462. The highest BCUT2D eigenvalue weighted by molar-refractivity contribution is 7.18. The van der Waals surface area contributed by atoms with E-state index in [4.69, 9.17) is 20.1 Å². The summed E-state index contributed by atoms with van der Waals surface area (Å²) in [6.07, 6.45) is -9.52. The lowest BCUT2D eigenvalue weighted by Crippen LogP contribution is -2.61. The molecule has 1 aliphatic rings. The lowest BCUT2D eigenvalue weighted by Gasteiger charge is -2.38. The number of aliphatic hydroxyl groups excluding tert-OH is 3. The van der Waals surface area contributed by atoms with Crippen LogP contribution in [0.1, 0.15) is 15.8 Å². The van der Waals surface area contributed by atoms with Crippen LogP contribution in [0.4, 0.5) is 10.1 Å². The fourth-order valence-corrected chi connectivity index (χ4v) is 3.01. The summed E-state index contributed by atoms with van der Waals surface area (Å²) in [4.78, 5) is 37.8. The van der Waals surface area contributed by atoms with Crippen LogP contribution in [-0.4, -0.2) is 72.9 Å². The van der Waals surface area contributed by atoms with Crippen LogP contribution < -0.4 is 10.1 Å². The van der Waals surface area contributed by atoms with Gasteiger partial charge < -0.3 is 29.9 Å². The molecule has 160 valence electrons. The van der Waals surface area contributed by atoms with Gasteiger partial charge in [0, 0.05) is 0 Å². The van der Waals surface area contributed by atoms with Crippen molar-refractivity contribution in [3.8, 4) is 5.75 Å². The summed E-state index contributed by atoms with van der Waals surface area (Å²) in [6.45, 7) is 0. The standard InChI is InChI=1S/C16H15N3O10S/c20-9-10(21)12(14(24)25)29-15(11(9)22)28-7-4-2-1-3-6(7)13(23)18-16-17-5-8(30-16)19(26)27/h1-5,9-12,15,20-22H,(H,24,25)(H,17,18,23)/t9-,10-,11-,12-,15+/m1/s1/i1D,2D,3D,4D. The number of carboxylic acid groups (broad SMARTS) is 1. The summed E-state index contributed by atoms with van der Waals surface area (Å²) in [7, 11) is 0. The molecule has 2 heterocycles. The van der Waals surface area contributed by atoms with Gasteiger partial charge in [-0.1, -0.05) is 12.1 Å². The number of anilines is 1. The van der Waals surface area contributed by atoms with Gasteiger partial charge in [-0.2, -0.15) is 0 Å². The summed E-state index contributed by atoms with van der Waals surface area (Å²) < 4.78 is 41.9. The second kappa shape index (κ2) is 8.68. The van der Waals surface area contributed by atoms with Crippen LogP contribution in [0.3, 0.4) is 0 Å². The van der Waals surface area contributed by atoms with E-state index in [0.717, 1.165) is 6.20 Å². The molecule has 3 rings (SSSR count). The molecule has 1 amide bonds. The van der Waals surface area contributed by atoms with Crippen molar-refractivity contribution in [2.24, 2.45) is 0 Å². The highest BCUT2D eigenvalue weighted by atomic mass is 32.1. The van der Waals surface area contributed by atoms with E-state index in [-0.39, 0.29) is 5.13 Å². The van der Waals surface area contributed by atoms with E-state index < -0.39 is 88.0 Å². The number of nitro groups is 1. The SMILES string of the molecule is [2H]c1c([2H])c([2H])c(C(=O)Nc2ncc([N+](=O)[O-])s2)c(O[C@H]2O[C@@H](C(=O)O)[C@H](O)[C@@H](O)[C@H]2O)c1[2H]. The molecule has 0 bridgehead atoms. The number of nitrogens with zero attached hydrogens (tertiary/aromatic N) is 2. The second-order valence-electron chi connectivity index (χ2n) is 5.77. The Morgan fingerprint density at radius 1 is 1.27 bits per heavy atom. The number of hydrogen-bond acceptors (Lipinski definition) is 11. The number of aliphatic hydroxyl groups is 3. The minimum absolute atomic E-state index is 0.284. The average Bonchev–Trinajstić information content (AvgIpc) is 3.24. The molecule has 5 N–H and O–H groups in total. The molecule has 30 heavy (non-hydrogen) atoms. The first-order valence-electron chi connectivity index (χ1n) is 9.96. The van der Waals surface area contributed by atoms with Gasteiger partial charge in [0.05, 0.1) is 16.0 Å². The van der Waals surface area contributed by atoms with E-state index in [1.807, 2.05) is 0 Å². The first-order valence-corrected chi connectivity index (χ1v) is 8.77. The Bertz CT molecular complexity index is 1160. The van der Waals surface area contributed by atoms with E-state index in [1.165, 1.54) is 0 Å². The molecule has 1 saturated heterocycles. The third-order valence-electron chi connectivity index (χ3n) is 3.82. The van der Waals surface area contributed by atoms with E-state index >= 15 is 0 Å². The van der Waals surface area contributed by atoms with Crippen molar-refractivity contribution in [3.63, 3.8) is 0 Å². The molecule has 1 aromatic carbocycles. The zero-order valence-electron chi connectivity index (χ0n) is 18.5. The molecule has 14 heteroatoms. The number of carbonyl (C=O) groups is 2. The second-order valence-corrected chi connectivity index (χ2v) is 6.78. The molecule has 1 fully saturated rings. The molecule has 0 radical (unpaired) electrons. The summed E-state index contributed by atoms with van der Waals surface area (Å²) in [5.41, 5.74) is -0.827. The number of hydrogen-bond donors (Lipinski definition) is 5. The maximum absolute atomic E-state index is 12.8. The Hall–Kier alpha value is -3.17. The van der Waals surface area contributed by atoms with Gasteiger partial charge in [0.1, 0.15) is 30.3 Å². The lowest BCUT2D eigenvalue weighted by atomic mass is 9.99. The molecule has 5 atom stereocenters. The van der Waals surface area contributed by atoms with Crippen molar-refractivity contribution in [2.45, 2.75) is 30.7 Å². The normalized spacial score (nSPS) is 27.9. The molecular formula is C16H15N3O10S. The van der Waals surface area contributed by atoms with E-state index in [1.54, 1.807) is 0 Å². The van der Waals surface area contributed by atoms with Crippen molar-refractivity contribution in [3.05, 3.63) is 46.0 Å². The number of rotatable bonds is 6. The minimum Gasteiger partial charge on any atom is -0.479 e. The number of nitrogens with one attached hydrogen (secondary N) is 1. The van der Waals surface area contributed by atoms with Gasteiger partial charge in [-0.05, 0) is 23.4 Å². The molecule has 1 aliphatic heterocycles. The van der Waals surface area contributed by atoms with Crippen LogP contribution >= 0.6 is 11.3 Å². The minimum atomic E-state index is -2.08. The molecule has 1 aromatic heterocycles. The number of aliphatic carboxylic acids is 1. The highest BCUT2D eigenvalue weighted by Crippen LogP contribution is 2.29. The maximum atomic E-state index is 12.8. The van der Waals surface area contributed by atoms with E-state index in [0.29, 0.717) is 11.3 Å². The van der Waals surface area contributed by atoms with E-state index in [2.05, 4.69) is 10.3 Å². The quantitative estimate of drug-likeness (QED) is 0.285. The Kier molecular flexibility index (Phi) is 4.81. The van der Waals surface area contributed by atoms with Gasteiger partial charge >= 0.3 is 11.0 Å². The van der Waals surface area contributed by atoms with Crippen molar-refractivity contribution in [1.29, 1.82) is 0 Å². The number of benzene rings is 1. The van der Waals surface area contributed by atoms with Gasteiger partial charge in [0.25, 0.3) is 5.91 Å². The smallest absolute Gasteiger partial charge is 0.345 e. The first kappa shape index (κ1) is 16.6. The summed E-state index contributed by atoms with van der Waals surface area (Å²) in [5, 5.41) is 51.3. The molecule has 0 saturated carbocycles. The number of ether oxygens (including phenoxy) is 2. The number of carboxylic acids is 1. The van der Waals surface area contributed by atoms with Gasteiger partial charge in [0.2, 0.25) is 6.29 Å². The number of amides is 1. The number of carbonyl (C=O) groups excluding carboxylic acids is 1. The zero-order chi connectivity index (χ0) is 25.5. The van der Waals surface area contributed by atoms with Crippen LogP contribution in [0.25, 0.3) is 0 Å². The molecule has 2 aromatic rings. The van der Waals surface area contributed by atoms with Crippen LogP contribution in [0, 0.1) is 10.1 Å². The van der Waals surface area contributed by atoms with Crippen molar-refractivity contribution in [2.75, 3.05) is 5.32 Å². The molecule has 0 spiro atoms. The summed E-state index contributed by atoms with van der Waals surface area (Å²) in [5.74, 6) is -3.84. The van der Waals surface area contributed by atoms with Crippen molar-refractivity contribution in [1.82, 2.24) is 4.98 Å². The largest absolute Gasteiger partial charge is 0.479 e. The Labute approximate surface area is 176 Å². The predicted molar refractivity (Wildman–Crippen MR) is 98.1 cm³/mol. The van der Waals surface area contributed by atoms with Gasteiger partial charge in [-0.25, -0.2) is 9.78 Å². The van der Waals surface area contributed by atoms with Crippen molar-refractivity contribution >= 4 is 33.3 Å². The Morgan fingerprint density at radius 2 is 1.97 bits per heavy atom. The fourth-order valence-electron chi connectivity index (χ4n) is 2.38. The lowest BCUT2D eigenvalue weighted by molar-refractivity contribution is -0.380. The monoisotopic (exact) mass is 445 g/mol. The molecule has 0 aliphatic carbocycles. The third-order valence-corrected chi connectivity index (χ3v) is 4.69. The van der Waals surface area contributed by atoms with Gasteiger partial charge in [-0.15, -0.1) is 0 Å². The molecule has 0 unspecified atom stereocenters. The van der Waals surface area contributed by atoms with Crippen LogP contribution in [-0.2, 0) is 9.53 Å². The number of thiazole rings is 1. The fraction of sp³-hybridized carbons (Fsp3) is 0.312. The predicted octanol–water partition coefficient (Wildman–Crippen LogP) is -0.425. The Morgan fingerprint density at radius 3 is 2.60 bits per heavy atom. The van der Waals surface area contributed by atoms with Crippen molar-refractivity contribution < 1.29 is 49.9 Å². The third kappa shape index (κ3) is 4.37. The highest BCUT2D eigenvalue weighted by Gasteiger charge is 2.48. The topological polar surface area (TPSA) is 202 Å². The van der Waals surface area contributed by atoms with E-state index in [9.17, 15) is 35.0 Å². The number of para-hydroxylation sites is 1. The number of aromatic nitrogens is 1. The van der Waals surface area contributed by atoms with Crippen LogP contribution in [0.15, 0.2) is 30.4 Å². The summed E-state index contributed by atoms with van der Waals surface area (Å²) in [6, 6.07) is -3.53. The molecular weight excluding hydrogens is 426 g/mol. The van der Waals surface area contributed by atoms with Crippen LogP contribution in [0.2, 0.25) is 0 Å². The average molecular weight is 445 g/mol. The van der Waals surface area contributed by atoms with Gasteiger partial charge in [0.15, 0.2) is 11.2 Å². The molecule has 13 nitrogen and oxygen atoms in total. The first-order chi connectivity index (χ1) is 15.8.